The zero-order valence-electron chi connectivity index (χ0n) is 25.7. The highest BCUT2D eigenvalue weighted by atomic mass is 32.2. The lowest BCUT2D eigenvalue weighted by Crippen LogP contribution is -2.29. The topological polar surface area (TPSA) is 92.6 Å². The Kier molecular flexibility index (Phi) is 8.75. The van der Waals surface area contributed by atoms with Gasteiger partial charge in [0.15, 0.2) is 4.34 Å². The second-order valence-corrected chi connectivity index (χ2v) is 13.4. The van der Waals surface area contributed by atoms with Gasteiger partial charge in [0.2, 0.25) is 5.13 Å². The second-order valence-electron chi connectivity index (χ2n) is 11.2. The molecular formula is C38H28FN3O4S2. The van der Waals surface area contributed by atoms with E-state index >= 15 is 0 Å². The van der Waals surface area contributed by atoms with E-state index in [0.29, 0.717) is 33.6 Å². The van der Waals surface area contributed by atoms with Crippen LogP contribution in [0.1, 0.15) is 33.9 Å². The van der Waals surface area contributed by atoms with Gasteiger partial charge < -0.3 is 9.84 Å². The fourth-order valence-corrected chi connectivity index (χ4v) is 7.58. The average molecular weight is 674 g/mol. The molecule has 1 aromatic heterocycles. The molecule has 0 radical (unpaired) electrons. The lowest BCUT2D eigenvalue weighted by atomic mass is 9.95. The van der Waals surface area contributed by atoms with Crippen LogP contribution in [0.3, 0.4) is 0 Å². The number of carbonyl (C=O) groups is 2. The first kappa shape index (κ1) is 31.3. The standard InChI is InChI=1S/C38H28FN3O4S2/c1-23-7-2-3-9-27(23)21-46-30-19-15-26(16-20-30)34(43)32-33(25-13-17-29(39)18-14-25)42(36(45)35(32)44)37-40-41-38(48-37)47-22-28-11-6-10-24-8-4-5-12-31(24)28/h2-20,33,43H,21-22H2,1H3/b34-32+. The van der Waals surface area contributed by atoms with Gasteiger partial charge in [0.05, 0.1) is 11.6 Å². The molecule has 7 nitrogen and oxygen atoms in total. The van der Waals surface area contributed by atoms with Crippen molar-refractivity contribution in [2.45, 2.75) is 29.7 Å². The minimum Gasteiger partial charge on any atom is -0.507 e. The maximum absolute atomic E-state index is 14.0. The van der Waals surface area contributed by atoms with Crippen LogP contribution in [0.4, 0.5) is 9.52 Å². The van der Waals surface area contributed by atoms with Gasteiger partial charge in [0.1, 0.15) is 23.9 Å². The van der Waals surface area contributed by atoms with Gasteiger partial charge in [-0.2, -0.15) is 0 Å². The summed E-state index contributed by atoms with van der Waals surface area (Å²) in [4.78, 5) is 28.4. The second kappa shape index (κ2) is 13.4. The summed E-state index contributed by atoms with van der Waals surface area (Å²) < 4.78 is 20.5. The van der Waals surface area contributed by atoms with E-state index in [1.54, 1.807) is 24.3 Å². The highest BCUT2D eigenvalue weighted by Gasteiger charge is 2.48. The first-order chi connectivity index (χ1) is 23.4. The summed E-state index contributed by atoms with van der Waals surface area (Å²) >= 11 is 2.65. The molecule has 2 heterocycles. The number of benzene rings is 5. The molecule has 1 aliphatic heterocycles. The molecule has 1 aliphatic rings. The number of carbonyl (C=O) groups excluding carboxylic acids is 2. The van der Waals surface area contributed by atoms with E-state index in [9.17, 15) is 19.1 Å². The van der Waals surface area contributed by atoms with Gasteiger partial charge in [0, 0.05) is 11.3 Å². The lowest BCUT2D eigenvalue weighted by Gasteiger charge is -2.22. The molecule has 7 rings (SSSR count). The van der Waals surface area contributed by atoms with Crippen LogP contribution in [0, 0.1) is 12.7 Å². The molecule has 1 atom stereocenters. The third-order valence-corrected chi connectivity index (χ3v) is 10.4. The predicted molar refractivity (Wildman–Crippen MR) is 187 cm³/mol. The fourth-order valence-electron chi connectivity index (χ4n) is 5.70. The summed E-state index contributed by atoms with van der Waals surface area (Å²) in [5.41, 5.74) is 3.94. The Hall–Kier alpha value is -5.32. The van der Waals surface area contributed by atoms with E-state index < -0.39 is 23.5 Å². The van der Waals surface area contributed by atoms with Gasteiger partial charge in [-0.3, -0.25) is 14.5 Å². The monoisotopic (exact) mass is 673 g/mol. The Morgan fingerprint density at radius 1 is 0.875 bits per heavy atom. The number of Topliss-reactive ketones (excluding diaryl/α,β-unsaturated/α-hetero) is 1. The van der Waals surface area contributed by atoms with Crippen molar-refractivity contribution in [1.29, 1.82) is 0 Å². The Balaban J connectivity index is 1.18. The summed E-state index contributed by atoms with van der Waals surface area (Å²) in [5.74, 6) is -1.35. The van der Waals surface area contributed by atoms with Gasteiger partial charge in [0.25, 0.3) is 5.78 Å². The molecule has 1 unspecified atom stereocenters. The van der Waals surface area contributed by atoms with Crippen molar-refractivity contribution in [2.24, 2.45) is 0 Å². The predicted octanol–water partition coefficient (Wildman–Crippen LogP) is 8.64. The summed E-state index contributed by atoms with van der Waals surface area (Å²) in [6.07, 6.45) is 0. The molecule has 0 aliphatic carbocycles. The molecule has 10 heteroatoms. The quantitative estimate of drug-likeness (QED) is 0.0540. The fraction of sp³-hybridized carbons (Fsp3) is 0.105. The van der Waals surface area contributed by atoms with Gasteiger partial charge in [-0.1, -0.05) is 102 Å². The number of ether oxygens (including phenoxy) is 1. The highest BCUT2D eigenvalue weighted by molar-refractivity contribution is 8.00. The van der Waals surface area contributed by atoms with Gasteiger partial charge in [-0.25, -0.2) is 4.39 Å². The molecule has 1 N–H and O–H groups in total. The molecule has 238 valence electrons. The number of aliphatic hydroxyl groups excluding tert-OH is 1. The molecule has 0 bridgehead atoms. The van der Waals surface area contributed by atoms with E-state index in [2.05, 4.69) is 34.5 Å². The van der Waals surface area contributed by atoms with Gasteiger partial charge in [-0.05, 0) is 76.3 Å². The molecule has 48 heavy (non-hydrogen) atoms. The van der Waals surface area contributed by atoms with E-state index in [-0.39, 0.29) is 16.5 Å². The SMILES string of the molecule is Cc1ccccc1COc1ccc(/C(O)=C2\C(=O)C(=O)N(c3nnc(SCc4cccc5ccccc45)s3)C2c2ccc(F)cc2)cc1. The minimum atomic E-state index is -1.05. The maximum Gasteiger partial charge on any atom is 0.301 e. The van der Waals surface area contributed by atoms with Crippen LogP contribution in [-0.2, 0) is 21.9 Å². The van der Waals surface area contributed by atoms with Crippen molar-refractivity contribution < 1.29 is 23.8 Å². The molecule has 1 fully saturated rings. The van der Waals surface area contributed by atoms with E-state index in [4.69, 9.17) is 4.74 Å². The summed E-state index contributed by atoms with van der Waals surface area (Å²) in [7, 11) is 0. The van der Waals surface area contributed by atoms with Crippen LogP contribution < -0.4 is 9.64 Å². The Labute approximate surface area is 284 Å². The van der Waals surface area contributed by atoms with Crippen LogP contribution >= 0.6 is 23.1 Å². The number of aryl methyl sites for hydroxylation is 1. The number of fused-ring (bicyclic) bond motifs is 1. The molecule has 6 aromatic rings. The largest absolute Gasteiger partial charge is 0.507 e. The zero-order chi connectivity index (χ0) is 33.2. The number of hydrogen-bond donors (Lipinski definition) is 1. The number of aromatic nitrogens is 2. The van der Waals surface area contributed by atoms with Gasteiger partial charge >= 0.3 is 5.91 Å². The number of halogens is 1. The van der Waals surface area contributed by atoms with Crippen molar-refractivity contribution in [3.05, 3.63) is 154 Å². The maximum atomic E-state index is 14.0. The van der Waals surface area contributed by atoms with E-state index in [0.717, 1.165) is 27.5 Å². The lowest BCUT2D eigenvalue weighted by molar-refractivity contribution is -0.132. The van der Waals surface area contributed by atoms with Crippen LogP contribution in [0.25, 0.3) is 16.5 Å². The number of amides is 1. The summed E-state index contributed by atoms with van der Waals surface area (Å²) in [6.45, 7) is 2.39. The Morgan fingerprint density at radius 2 is 1.58 bits per heavy atom. The molecule has 5 aromatic carbocycles. The molecule has 0 saturated carbocycles. The number of anilines is 1. The van der Waals surface area contributed by atoms with Crippen LogP contribution in [0.5, 0.6) is 5.75 Å². The van der Waals surface area contributed by atoms with E-state index in [1.165, 1.54) is 52.3 Å². The molecule has 0 spiro atoms. The third kappa shape index (κ3) is 6.20. The van der Waals surface area contributed by atoms with Crippen LogP contribution in [-0.4, -0.2) is 27.0 Å². The van der Waals surface area contributed by atoms with Crippen molar-refractivity contribution in [3.8, 4) is 5.75 Å². The highest BCUT2D eigenvalue weighted by Crippen LogP contribution is 2.44. The zero-order valence-corrected chi connectivity index (χ0v) is 27.3. The average Bonchev–Trinajstić information content (AvgIpc) is 3.68. The number of rotatable bonds is 9. The number of nitrogens with zero attached hydrogens (tertiary/aromatic N) is 3. The summed E-state index contributed by atoms with van der Waals surface area (Å²) in [5, 5.41) is 22.6. The van der Waals surface area contributed by atoms with Crippen molar-refractivity contribution in [2.75, 3.05) is 4.90 Å². The Morgan fingerprint density at radius 3 is 2.38 bits per heavy atom. The summed E-state index contributed by atoms with van der Waals surface area (Å²) in [6, 6.07) is 33.3. The van der Waals surface area contributed by atoms with Crippen LogP contribution in [0.15, 0.2) is 125 Å². The van der Waals surface area contributed by atoms with Crippen molar-refractivity contribution in [1.82, 2.24) is 10.2 Å². The molecular weight excluding hydrogens is 646 g/mol. The number of aliphatic hydroxyl groups is 1. The van der Waals surface area contributed by atoms with Gasteiger partial charge in [-0.15, -0.1) is 10.2 Å². The smallest absolute Gasteiger partial charge is 0.301 e. The minimum absolute atomic E-state index is 0.125. The first-order valence-corrected chi connectivity index (χ1v) is 16.9. The number of hydrogen-bond acceptors (Lipinski definition) is 8. The van der Waals surface area contributed by atoms with Crippen LogP contribution in [0.2, 0.25) is 0 Å². The normalized spacial score (nSPS) is 15.7. The number of ketones is 1. The van der Waals surface area contributed by atoms with E-state index in [1.807, 2.05) is 49.4 Å². The van der Waals surface area contributed by atoms with Crippen molar-refractivity contribution in [3.63, 3.8) is 0 Å². The third-order valence-electron chi connectivity index (χ3n) is 8.25. The number of thioether (sulfide) groups is 1. The Bertz CT molecular complexity index is 2180. The molecule has 1 amide bonds. The molecule has 1 saturated heterocycles. The first-order valence-electron chi connectivity index (χ1n) is 15.1. The van der Waals surface area contributed by atoms with Crippen molar-refractivity contribution >= 4 is 56.5 Å².